The summed E-state index contributed by atoms with van der Waals surface area (Å²) < 4.78 is 54.7. The van der Waals surface area contributed by atoms with Gasteiger partial charge in [-0.25, -0.2) is 0 Å². The number of ketones is 1. The van der Waals surface area contributed by atoms with E-state index in [0.29, 0.717) is 69.8 Å². The summed E-state index contributed by atoms with van der Waals surface area (Å²) >= 11 is 3.38. The molecule has 0 aromatic rings. The van der Waals surface area contributed by atoms with Gasteiger partial charge in [0.2, 0.25) is 0 Å². The largest absolute Gasteiger partial charge is 0.417 e. The Kier molecular flexibility index (Phi) is 15.1. The summed E-state index contributed by atoms with van der Waals surface area (Å²) in [6.45, 7) is 27.4. The molecule has 18 atom stereocenters. The molecule has 2 N–H and O–H groups in total. The number of ether oxygens (including phenoxy) is 7. The fourth-order valence-electron chi connectivity index (χ4n) is 11.0. The van der Waals surface area contributed by atoms with Gasteiger partial charge in [-0.15, -0.1) is 0 Å². The van der Waals surface area contributed by atoms with Gasteiger partial charge in [0, 0.05) is 51.7 Å². The van der Waals surface area contributed by atoms with Gasteiger partial charge in [0.15, 0.2) is 14.1 Å². The first-order valence-electron chi connectivity index (χ1n) is 23.4. The Morgan fingerprint density at radius 2 is 1.68 bits per heavy atom. The van der Waals surface area contributed by atoms with Crippen LogP contribution in [0.5, 0.6) is 0 Å². The summed E-state index contributed by atoms with van der Waals surface area (Å²) in [6, 6.07) is 0. The van der Waals surface area contributed by atoms with Crippen LogP contribution in [0.3, 0.4) is 0 Å². The van der Waals surface area contributed by atoms with E-state index >= 15 is 0 Å². The van der Waals surface area contributed by atoms with Crippen molar-refractivity contribution >= 4 is 30.0 Å². The number of halogens is 1. The lowest BCUT2D eigenvalue weighted by Crippen LogP contribution is -2.61. The highest BCUT2D eigenvalue weighted by Crippen LogP contribution is 2.54. The summed E-state index contributed by atoms with van der Waals surface area (Å²) in [6.07, 6.45) is 5.60. The molecule has 8 rings (SSSR count). The molecule has 8 aliphatic heterocycles. The standard InChI is InChI=1S/C47H77BrO11Si/c1-26(25-52-60(9,10)46(6,7)8)18-37-30(5)35(39(55-37)23-38-29(4)27(2)19-33(53-38)12-11-17-49)22-32(51)21-34-13-14-36-41(54-34)45-44-43(56-36)42-40(57-44)24-47(58-42,59-45)16-15-31(50)20-28(3)48/h26-27,30-31,33-45,49-50H,3-4,11-25H2,1-2,5-10H3/t26-,27+,30+,31+,33-,34+,35?,36-,37+,38+,39?,40+,41-,42-,43-,44+,45?,47-/m0/s1. The molecular weight excluding hydrogens is 848 g/mol. The topological polar surface area (TPSA) is 131 Å². The fourth-order valence-corrected chi connectivity index (χ4v) is 12.6. The van der Waals surface area contributed by atoms with Crippen LogP contribution in [0.2, 0.25) is 18.1 Å². The highest BCUT2D eigenvalue weighted by molar-refractivity contribution is 9.11. The Morgan fingerprint density at radius 1 is 0.967 bits per heavy atom. The Labute approximate surface area is 369 Å². The first-order chi connectivity index (χ1) is 28.3. The second-order valence-corrected chi connectivity index (χ2v) is 27.4. The maximum atomic E-state index is 14.3. The van der Waals surface area contributed by atoms with Crippen molar-refractivity contribution in [1.82, 2.24) is 0 Å². The van der Waals surface area contributed by atoms with Gasteiger partial charge in [-0.1, -0.05) is 70.6 Å². The Bertz CT molecular complexity index is 1520. The quantitative estimate of drug-likeness (QED) is 0.0959. The van der Waals surface area contributed by atoms with E-state index < -0.39 is 20.2 Å². The number of Topliss-reactive ketones (excluding diaryl/α,β-unsaturated/α-hetero) is 1. The van der Waals surface area contributed by atoms with Gasteiger partial charge in [0.1, 0.15) is 36.3 Å². The van der Waals surface area contributed by atoms with Gasteiger partial charge >= 0.3 is 0 Å². The van der Waals surface area contributed by atoms with E-state index in [0.717, 1.165) is 42.2 Å². The Balaban J connectivity index is 1.01. The summed E-state index contributed by atoms with van der Waals surface area (Å²) in [5, 5.41) is 20.4. The minimum Gasteiger partial charge on any atom is -0.417 e. The van der Waals surface area contributed by atoms with Crippen LogP contribution < -0.4 is 0 Å². The van der Waals surface area contributed by atoms with Crippen LogP contribution in [0, 0.1) is 23.7 Å². The van der Waals surface area contributed by atoms with Crippen LogP contribution in [0.15, 0.2) is 23.2 Å². The third kappa shape index (κ3) is 10.4. The molecule has 6 bridgehead atoms. The van der Waals surface area contributed by atoms with E-state index in [1.807, 2.05) is 0 Å². The normalized spacial score (nSPS) is 42.2. The number of hydrogen-bond donors (Lipinski definition) is 2. The third-order valence-corrected chi connectivity index (χ3v) is 20.5. The number of carbonyl (C=O) groups excluding carboxylic acids is 1. The summed E-state index contributed by atoms with van der Waals surface area (Å²) in [4.78, 5) is 14.3. The van der Waals surface area contributed by atoms with Gasteiger partial charge in [-0.05, 0) is 96.8 Å². The predicted molar refractivity (Wildman–Crippen MR) is 235 cm³/mol. The van der Waals surface area contributed by atoms with E-state index in [2.05, 4.69) is 83.7 Å². The van der Waals surface area contributed by atoms with Gasteiger partial charge < -0.3 is 47.8 Å². The van der Waals surface area contributed by atoms with Crippen LogP contribution in [0.4, 0.5) is 0 Å². The Hall–Kier alpha value is -0.553. The third-order valence-electron chi connectivity index (χ3n) is 15.7. The molecule has 0 aromatic heterocycles. The zero-order chi connectivity index (χ0) is 43.3. The van der Waals surface area contributed by atoms with Crippen molar-refractivity contribution in [1.29, 1.82) is 0 Å². The van der Waals surface area contributed by atoms with E-state index in [4.69, 9.17) is 37.6 Å². The highest BCUT2D eigenvalue weighted by atomic mass is 79.9. The molecule has 8 aliphatic rings. The molecule has 8 saturated heterocycles. The molecule has 0 aliphatic carbocycles. The number of aliphatic hydroxyl groups is 2. The minimum atomic E-state index is -1.90. The number of fused-ring (bicyclic) bond motifs is 1. The van der Waals surface area contributed by atoms with Crippen molar-refractivity contribution in [3.05, 3.63) is 23.2 Å². The minimum absolute atomic E-state index is 0.00659. The van der Waals surface area contributed by atoms with E-state index in [-0.39, 0.29) is 103 Å². The summed E-state index contributed by atoms with van der Waals surface area (Å²) in [5.74, 6) is 0.157. The molecule has 342 valence electrons. The smallest absolute Gasteiger partial charge is 0.191 e. The van der Waals surface area contributed by atoms with Crippen LogP contribution in [0.25, 0.3) is 0 Å². The van der Waals surface area contributed by atoms with Crippen LogP contribution in [-0.2, 0) is 42.4 Å². The Morgan fingerprint density at radius 3 is 2.40 bits per heavy atom. The van der Waals surface area contributed by atoms with Crippen molar-refractivity contribution in [2.45, 2.75) is 228 Å². The van der Waals surface area contributed by atoms with Crippen LogP contribution in [0.1, 0.15) is 125 Å². The molecule has 8 fully saturated rings. The summed E-state index contributed by atoms with van der Waals surface area (Å²) in [5.41, 5.74) is 1.10. The first kappa shape index (κ1) is 47.4. The fraction of sp³-hybridized carbons (Fsp3) is 0.894. The lowest BCUT2D eigenvalue weighted by atomic mass is 9.78. The molecule has 60 heavy (non-hydrogen) atoms. The zero-order valence-corrected chi connectivity index (χ0v) is 40.4. The maximum Gasteiger partial charge on any atom is 0.191 e. The SMILES string of the molecule is C=C(Br)C[C@H](O)CC[C@@]12C[C@H]3O[C@H]4C(O1)[C@H]1O[C@@H](CC(=O)CC5C(C[C@H]6O[C@@H](CCCO)C[C@@H](C)C6=C)O[C@H](C[C@H](C)CO[Si](C)(C)C(C)(C)C)[C@@H]5C)CC[C@@H]1O[C@H]4[C@H]3O2. The molecule has 13 heteroatoms. The van der Waals surface area contributed by atoms with E-state index in [1.165, 1.54) is 0 Å². The van der Waals surface area contributed by atoms with Gasteiger partial charge in [0.05, 0.1) is 48.8 Å². The molecular formula is C47H77BrO11Si. The number of rotatable bonds is 19. The molecule has 0 radical (unpaired) electrons. The number of aliphatic hydroxyl groups excluding tert-OH is 2. The maximum absolute atomic E-state index is 14.3. The zero-order valence-electron chi connectivity index (χ0n) is 37.8. The second kappa shape index (κ2) is 19.1. The van der Waals surface area contributed by atoms with Crippen molar-refractivity contribution in [3.8, 4) is 0 Å². The van der Waals surface area contributed by atoms with Crippen molar-refractivity contribution in [2.24, 2.45) is 23.7 Å². The summed E-state index contributed by atoms with van der Waals surface area (Å²) in [7, 11) is -1.90. The first-order valence-corrected chi connectivity index (χ1v) is 27.1. The predicted octanol–water partition coefficient (Wildman–Crippen LogP) is 8.32. The molecule has 0 amide bonds. The lowest BCUT2D eigenvalue weighted by molar-refractivity contribution is -0.292. The molecule has 0 saturated carbocycles. The van der Waals surface area contributed by atoms with Gasteiger partial charge in [-0.2, -0.15) is 0 Å². The molecule has 3 unspecified atom stereocenters. The average molecular weight is 926 g/mol. The second-order valence-electron chi connectivity index (χ2n) is 21.4. The molecule has 0 aromatic carbocycles. The van der Waals surface area contributed by atoms with E-state index in [9.17, 15) is 15.0 Å². The average Bonchev–Trinajstić information content (AvgIpc) is 3.71. The highest BCUT2D eigenvalue weighted by Gasteiger charge is 2.68. The van der Waals surface area contributed by atoms with Crippen LogP contribution in [-0.4, -0.2) is 123 Å². The van der Waals surface area contributed by atoms with Gasteiger partial charge in [0.25, 0.3) is 0 Å². The molecule has 8 heterocycles. The van der Waals surface area contributed by atoms with Crippen LogP contribution >= 0.6 is 15.9 Å². The van der Waals surface area contributed by atoms with Crippen molar-refractivity contribution in [2.75, 3.05) is 13.2 Å². The molecule has 11 nitrogen and oxygen atoms in total. The monoisotopic (exact) mass is 924 g/mol. The number of hydrogen-bond acceptors (Lipinski definition) is 11. The van der Waals surface area contributed by atoms with Gasteiger partial charge in [-0.3, -0.25) is 4.79 Å². The lowest BCUT2D eigenvalue weighted by Gasteiger charge is -2.47. The van der Waals surface area contributed by atoms with Crippen molar-refractivity contribution in [3.63, 3.8) is 0 Å². The number of carbonyl (C=O) groups is 1. The van der Waals surface area contributed by atoms with E-state index in [1.54, 1.807) is 0 Å². The molecule has 0 spiro atoms. The van der Waals surface area contributed by atoms with Crippen molar-refractivity contribution < 1.29 is 52.6 Å².